The van der Waals surface area contributed by atoms with Crippen molar-refractivity contribution in [1.82, 2.24) is 0 Å². The SMILES string of the molecule is CN1C(=O)CCN(CCC(=O)O)c2cc(F)ccc21. The summed E-state index contributed by atoms with van der Waals surface area (Å²) in [5, 5.41) is 8.74. The van der Waals surface area contributed by atoms with Crippen molar-refractivity contribution in [3.05, 3.63) is 24.0 Å². The van der Waals surface area contributed by atoms with Crippen molar-refractivity contribution in [3.63, 3.8) is 0 Å². The van der Waals surface area contributed by atoms with Crippen LogP contribution in [0.5, 0.6) is 0 Å². The van der Waals surface area contributed by atoms with Crippen LogP contribution in [0, 0.1) is 5.82 Å². The smallest absolute Gasteiger partial charge is 0.305 e. The summed E-state index contributed by atoms with van der Waals surface area (Å²) in [6.07, 6.45) is 0.236. The average molecular weight is 266 g/mol. The zero-order valence-corrected chi connectivity index (χ0v) is 10.6. The molecule has 0 bridgehead atoms. The molecule has 1 aliphatic heterocycles. The van der Waals surface area contributed by atoms with E-state index in [0.717, 1.165) is 0 Å². The molecule has 0 radical (unpaired) electrons. The van der Waals surface area contributed by atoms with Gasteiger partial charge in [-0.3, -0.25) is 9.59 Å². The number of carboxylic acid groups (broad SMARTS) is 1. The largest absolute Gasteiger partial charge is 0.481 e. The Morgan fingerprint density at radius 3 is 2.84 bits per heavy atom. The quantitative estimate of drug-likeness (QED) is 0.900. The fourth-order valence-electron chi connectivity index (χ4n) is 2.15. The van der Waals surface area contributed by atoms with E-state index >= 15 is 0 Å². The lowest BCUT2D eigenvalue weighted by atomic mass is 10.2. The molecule has 0 unspecified atom stereocenters. The topological polar surface area (TPSA) is 60.9 Å². The Labute approximate surface area is 110 Å². The zero-order chi connectivity index (χ0) is 14.0. The van der Waals surface area contributed by atoms with Crippen LogP contribution < -0.4 is 9.80 Å². The molecule has 0 saturated carbocycles. The van der Waals surface area contributed by atoms with E-state index in [1.165, 1.54) is 17.0 Å². The molecular weight excluding hydrogens is 251 g/mol. The van der Waals surface area contributed by atoms with Crippen LogP contribution in [-0.2, 0) is 9.59 Å². The Balaban J connectivity index is 2.36. The predicted molar refractivity (Wildman–Crippen MR) is 68.9 cm³/mol. The van der Waals surface area contributed by atoms with Gasteiger partial charge in [-0.1, -0.05) is 0 Å². The number of hydrogen-bond acceptors (Lipinski definition) is 3. The lowest BCUT2D eigenvalue weighted by Gasteiger charge is -2.24. The van der Waals surface area contributed by atoms with E-state index in [1.54, 1.807) is 18.0 Å². The Hall–Kier alpha value is -2.11. The molecule has 0 aromatic heterocycles. The first-order valence-corrected chi connectivity index (χ1v) is 6.02. The van der Waals surface area contributed by atoms with Crippen LogP contribution in [0.4, 0.5) is 15.8 Å². The maximum atomic E-state index is 13.4. The average Bonchev–Trinajstić information content (AvgIpc) is 2.47. The van der Waals surface area contributed by atoms with Gasteiger partial charge in [0.15, 0.2) is 0 Å². The molecular formula is C13H15FN2O3. The van der Waals surface area contributed by atoms with Crippen LogP contribution in [0.2, 0.25) is 0 Å². The van der Waals surface area contributed by atoms with E-state index in [0.29, 0.717) is 17.9 Å². The van der Waals surface area contributed by atoms with E-state index in [-0.39, 0.29) is 25.3 Å². The third-order valence-corrected chi connectivity index (χ3v) is 3.20. The highest BCUT2D eigenvalue weighted by Crippen LogP contribution is 2.32. The standard InChI is InChI=1S/C13H15FN2O3/c1-15-10-3-2-9(14)8-11(10)16(6-4-12(15)17)7-5-13(18)19/h2-3,8H,4-7H2,1H3,(H,18,19). The molecule has 0 aliphatic carbocycles. The van der Waals surface area contributed by atoms with Crippen molar-refractivity contribution < 1.29 is 19.1 Å². The number of carbonyl (C=O) groups is 2. The van der Waals surface area contributed by atoms with Gasteiger partial charge >= 0.3 is 5.97 Å². The van der Waals surface area contributed by atoms with E-state index in [1.807, 2.05) is 0 Å². The Bertz CT molecular complexity index is 519. The monoisotopic (exact) mass is 266 g/mol. The molecule has 0 saturated heterocycles. The number of halogens is 1. The molecule has 102 valence electrons. The summed E-state index contributed by atoms with van der Waals surface area (Å²) in [4.78, 5) is 25.7. The second kappa shape index (κ2) is 5.26. The summed E-state index contributed by atoms with van der Waals surface area (Å²) in [6.45, 7) is 0.653. The van der Waals surface area contributed by atoms with Crippen LogP contribution in [0.15, 0.2) is 18.2 Å². The normalized spacial score (nSPS) is 15.2. The van der Waals surface area contributed by atoms with Crippen LogP contribution in [0.1, 0.15) is 12.8 Å². The maximum absolute atomic E-state index is 13.4. The minimum absolute atomic E-state index is 0.0478. The van der Waals surface area contributed by atoms with E-state index in [9.17, 15) is 14.0 Å². The van der Waals surface area contributed by atoms with Crippen molar-refractivity contribution in [2.75, 3.05) is 29.9 Å². The number of amides is 1. The molecule has 5 nitrogen and oxygen atoms in total. The van der Waals surface area contributed by atoms with E-state index in [2.05, 4.69) is 0 Å². The molecule has 0 atom stereocenters. The zero-order valence-electron chi connectivity index (χ0n) is 10.6. The molecule has 2 rings (SSSR count). The van der Waals surface area contributed by atoms with Crippen LogP contribution in [0.25, 0.3) is 0 Å². The Morgan fingerprint density at radius 2 is 2.16 bits per heavy atom. The molecule has 6 heteroatoms. The van der Waals surface area contributed by atoms with Crippen molar-refractivity contribution in [1.29, 1.82) is 0 Å². The van der Waals surface area contributed by atoms with Gasteiger partial charge in [0, 0.05) is 26.6 Å². The number of benzene rings is 1. The first kappa shape index (κ1) is 13.3. The molecule has 1 aromatic rings. The number of carboxylic acids is 1. The van der Waals surface area contributed by atoms with E-state index in [4.69, 9.17) is 5.11 Å². The molecule has 1 amide bonds. The highest BCUT2D eigenvalue weighted by molar-refractivity contribution is 5.98. The third-order valence-electron chi connectivity index (χ3n) is 3.20. The van der Waals surface area contributed by atoms with Crippen molar-refractivity contribution in [2.45, 2.75) is 12.8 Å². The highest BCUT2D eigenvalue weighted by atomic mass is 19.1. The third kappa shape index (κ3) is 2.83. The maximum Gasteiger partial charge on any atom is 0.305 e. The van der Waals surface area contributed by atoms with E-state index < -0.39 is 11.8 Å². The molecule has 0 spiro atoms. The van der Waals surface area contributed by atoms with Gasteiger partial charge in [-0.05, 0) is 18.2 Å². The van der Waals surface area contributed by atoms with Crippen LogP contribution in [0.3, 0.4) is 0 Å². The second-order valence-corrected chi connectivity index (χ2v) is 4.47. The van der Waals surface area contributed by atoms with Crippen molar-refractivity contribution in [3.8, 4) is 0 Å². The minimum atomic E-state index is -0.915. The first-order chi connectivity index (χ1) is 8.99. The number of fused-ring (bicyclic) bond motifs is 1. The lowest BCUT2D eigenvalue weighted by Crippen LogP contribution is -2.27. The molecule has 1 aromatic carbocycles. The molecule has 1 aliphatic rings. The number of anilines is 2. The van der Waals surface area contributed by atoms with Gasteiger partial charge in [0.05, 0.1) is 17.8 Å². The van der Waals surface area contributed by atoms with Gasteiger partial charge in [0.2, 0.25) is 5.91 Å². The Kier molecular flexibility index (Phi) is 3.69. The number of hydrogen-bond donors (Lipinski definition) is 1. The van der Waals surface area contributed by atoms with Gasteiger partial charge in [0.1, 0.15) is 5.82 Å². The summed E-state index contributed by atoms with van der Waals surface area (Å²) in [7, 11) is 1.64. The summed E-state index contributed by atoms with van der Waals surface area (Å²) >= 11 is 0. The second-order valence-electron chi connectivity index (χ2n) is 4.47. The van der Waals surface area contributed by atoms with Crippen molar-refractivity contribution in [2.24, 2.45) is 0 Å². The van der Waals surface area contributed by atoms with Crippen LogP contribution >= 0.6 is 0 Å². The number of nitrogens with zero attached hydrogens (tertiary/aromatic N) is 2. The number of aliphatic carboxylic acids is 1. The van der Waals surface area contributed by atoms with Gasteiger partial charge < -0.3 is 14.9 Å². The molecule has 1 heterocycles. The van der Waals surface area contributed by atoms with Gasteiger partial charge in [0.25, 0.3) is 0 Å². The van der Waals surface area contributed by atoms with Crippen molar-refractivity contribution >= 4 is 23.3 Å². The summed E-state index contributed by atoms with van der Waals surface area (Å²) in [6, 6.07) is 4.18. The molecule has 1 N–H and O–H groups in total. The fraction of sp³-hybridized carbons (Fsp3) is 0.385. The fourth-order valence-corrected chi connectivity index (χ4v) is 2.15. The molecule has 0 fully saturated rings. The lowest BCUT2D eigenvalue weighted by molar-refractivity contribution is -0.136. The number of rotatable bonds is 3. The number of carbonyl (C=O) groups excluding carboxylic acids is 1. The predicted octanol–water partition coefficient (Wildman–Crippen LogP) is 1.47. The van der Waals surface area contributed by atoms with Crippen LogP contribution in [-0.4, -0.2) is 37.1 Å². The first-order valence-electron chi connectivity index (χ1n) is 6.02. The van der Waals surface area contributed by atoms with Gasteiger partial charge in [-0.15, -0.1) is 0 Å². The Morgan fingerprint density at radius 1 is 1.42 bits per heavy atom. The van der Waals surface area contributed by atoms with Gasteiger partial charge in [-0.2, -0.15) is 0 Å². The van der Waals surface area contributed by atoms with Gasteiger partial charge in [-0.25, -0.2) is 4.39 Å². The summed E-state index contributed by atoms with van der Waals surface area (Å²) in [5.41, 5.74) is 1.17. The molecule has 19 heavy (non-hydrogen) atoms. The highest BCUT2D eigenvalue weighted by Gasteiger charge is 2.24. The minimum Gasteiger partial charge on any atom is -0.481 e. The summed E-state index contributed by atoms with van der Waals surface area (Å²) < 4.78 is 13.4. The summed E-state index contributed by atoms with van der Waals surface area (Å²) in [5.74, 6) is -1.38.